The summed E-state index contributed by atoms with van der Waals surface area (Å²) in [5.74, 6) is 0.654. The maximum atomic E-state index is 12.4. The van der Waals surface area contributed by atoms with Crippen molar-refractivity contribution in [2.75, 3.05) is 0 Å². The fraction of sp³-hybridized carbons (Fsp3) is 0.211. The van der Waals surface area contributed by atoms with Gasteiger partial charge in [-0.3, -0.25) is 9.78 Å². The van der Waals surface area contributed by atoms with Crippen LogP contribution in [0.3, 0.4) is 0 Å². The molecule has 1 amide bonds. The molecule has 2 heterocycles. The molecule has 6 heteroatoms. The number of nitrogens with one attached hydrogen (secondary N) is 1. The molecule has 0 aliphatic rings. The largest absolute Gasteiger partial charge is 0.486 e. The van der Waals surface area contributed by atoms with Gasteiger partial charge in [0.1, 0.15) is 22.2 Å². The molecule has 0 radical (unpaired) electrons. The topological polar surface area (TPSA) is 64.1 Å². The van der Waals surface area contributed by atoms with Crippen LogP contribution in [0, 0.1) is 13.8 Å². The number of aryl methyl sites for hydroxylation is 2. The Kier molecular flexibility index (Phi) is 5.40. The summed E-state index contributed by atoms with van der Waals surface area (Å²) < 4.78 is 5.73. The molecule has 5 nitrogen and oxygen atoms in total. The lowest BCUT2D eigenvalue weighted by molar-refractivity contribution is 0.0953. The number of carbonyl (C=O) groups excluding carboxylic acids is 1. The summed E-state index contributed by atoms with van der Waals surface area (Å²) in [6.45, 7) is 4.61. The maximum absolute atomic E-state index is 12.4. The Balaban J connectivity index is 1.59. The summed E-state index contributed by atoms with van der Waals surface area (Å²) in [4.78, 5) is 21.6. The van der Waals surface area contributed by atoms with Crippen LogP contribution < -0.4 is 10.1 Å². The number of hydrogen-bond acceptors (Lipinski definition) is 5. The quantitative estimate of drug-likeness (QED) is 0.734. The maximum Gasteiger partial charge on any atom is 0.263 e. The Bertz CT molecular complexity index is 845. The standard InChI is InChI=1S/C19H19N3O2S/c1-13-6-8-16(9-7-13)24-12-17-22-14(2)18(25-17)19(23)21-11-15-5-3-4-10-20-15/h3-10H,11-12H2,1-2H3,(H,21,23). The fourth-order valence-corrected chi connectivity index (χ4v) is 3.15. The van der Waals surface area contributed by atoms with Crippen LogP contribution in [-0.2, 0) is 13.2 Å². The smallest absolute Gasteiger partial charge is 0.263 e. The Morgan fingerprint density at radius 1 is 1.16 bits per heavy atom. The lowest BCUT2D eigenvalue weighted by Crippen LogP contribution is -2.23. The van der Waals surface area contributed by atoms with Gasteiger partial charge in [0.05, 0.1) is 17.9 Å². The van der Waals surface area contributed by atoms with Crippen LogP contribution in [0.4, 0.5) is 0 Å². The summed E-state index contributed by atoms with van der Waals surface area (Å²) in [6.07, 6.45) is 1.71. The molecule has 0 aliphatic carbocycles. The van der Waals surface area contributed by atoms with E-state index in [1.807, 2.05) is 56.3 Å². The van der Waals surface area contributed by atoms with E-state index < -0.39 is 0 Å². The molecule has 1 N–H and O–H groups in total. The second-order valence-corrected chi connectivity index (χ2v) is 6.71. The summed E-state index contributed by atoms with van der Waals surface area (Å²) in [5.41, 5.74) is 2.72. The minimum atomic E-state index is -0.137. The average Bonchev–Trinajstić information content (AvgIpc) is 3.01. The molecule has 0 spiro atoms. The van der Waals surface area contributed by atoms with Crippen LogP contribution in [0.5, 0.6) is 5.75 Å². The Morgan fingerprint density at radius 2 is 1.96 bits per heavy atom. The monoisotopic (exact) mass is 353 g/mol. The highest BCUT2D eigenvalue weighted by molar-refractivity contribution is 7.13. The van der Waals surface area contributed by atoms with E-state index in [1.165, 1.54) is 16.9 Å². The average molecular weight is 353 g/mol. The zero-order valence-electron chi connectivity index (χ0n) is 14.2. The van der Waals surface area contributed by atoms with E-state index in [9.17, 15) is 4.79 Å². The molecule has 0 bridgehead atoms. The number of ether oxygens (including phenoxy) is 1. The number of carbonyl (C=O) groups is 1. The number of aromatic nitrogens is 2. The predicted molar refractivity (Wildman–Crippen MR) is 97.8 cm³/mol. The van der Waals surface area contributed by atoms with E-state index in [-0.39, 0.29) is 5.91 Å². The first kappa shape index (κ1) is 17.1. The molecule has 1 aromatic carbocycles. The Hall–Kier alpha value is -2.73. The minimum Gasteiger partial charge on any atom is -0.486 e. The SMILES string of the molecule is Cc1ccc(OCc2nc(C)c(C(=O)NCc3ccccn3)s2)cc1. The number of benzene rings is 1. The summed E-state index contributed by atoms with van der Waals surface area (Å²) in [6, 6.07) is 13.5. The highest BCUT2D eigenvalue weighted by Crippen LogP contribution is 2.20. The highest BCUT2D eigenvalue weighted by atomic mass is 32.1. The first-order valence-corrected chi connectivity index (χ1v) is 8.77. The van der Waals surface area contributed by atoms with Crippen molar-refractivity contribution in [1.29, 1.82) is 0 Å². The summed E-state index contributed by atoms with van der Waals surface area (Å²) in [7, 11) is 0. The third-order valence-electron chi connectivity index (χ3n) is 3.59. The van der Waals surface area contributed by atoms with Crippen molar-refractivity contribution in [3.8, 4) is 5.75 Å². The van der Waals surface area contributed by atoms with Crippen molar-refractivity contribution in [2.45, 2.75) is 27.0 Å². The molecule has 0 unspecified atom stereocenters. The summed E-state index contributed by atoms with van der Waals surface area (Å²) >= 11 is 1.36. The van der Waals surface area contributed by atoms with Crippen LogP contribution in [0.25, 0.3) is 0 Å². The van der Waals surface area contributed by atoms with Crippen molar-refractivity contribution in [1.82, 2.24) is 15.3 Å². The van der Waals surface area contributed by atoms with Gasteiger partial charge in [-0.05, 0) is 38.1 Å². The van der Waals surface area contributed by atoms with E-state index in [2.05, 4.69) is 15.3 Å². The zero-order valence-corrected chi connectivity index (χ0v) is 15.0. The molecule has 0 aliphatic heterocycles. The number of rotatable bonds is 6. The van der Waals surface area contributed by atoms with Gasteiger partial charge in [0, 0.05) is 6.20 Å². The first-order valence-electron chi connectivity index (χ1n) is 7.95. The van der Waals surface area contributed by atoms with E-state index in [0.717, 1.165) is 16.5 Å². The molecule has 0 saturated heterocycles. The lowest BCUT2D eigenvalue weighted by atomic mass is 10.2. The number of hydrogen-bond donors (Lipinski definition) is 1. The van der Waals surface area contributed by atoms with Crippen molar-refractivity contribution in [3.63, 3.8) is 0 Å². The van der Waals surface area contributed by atoms with Crippen LogP contribution in [0.1, 0.15) is 31.6 Å². The zero-order chi connectivity index (χ0) is 17.6. The van der Waals surface area contributed by atoms with Crippen LogP contribution in [0.15, 0.2) is 48.7 Å². The second-order valence-electron chi connectivity index (χ2n) is 5.63. The number of amides is 1. The highest BCUT2D eigenvalue weighted by Gasteiger charge is 2.15. The van der Waals surface area contributed by atoms with E-state index in [1.54, 1.807) is 6.20 Å². The second kappa shape index (κ2) is 7.90. The van der Waals surface area contributed by atoms with Crippen LogP contribution >= 0.6 is 11.3 Å². The van der Waals surface area contributed by atoms with Gasteiger partial charge < -0.3 is 10.1 Å². The molecule has 25 heavy (non-hydrogen) atoms. The van der Waals surface area contributed by atoms with Gasteiger partial charge in [0.25, 0.3) is 5.91 Å². The van der Waals surface area contributed by atoms with E-state index in [4.69, 9.17) is 4.74 Å². The number of thiazole rings is 1. The van der Waals surface area contributed by atoms with Crippen molar-refractivity contribution in [2.24, 2.45) is 0 Å². The molecular formula is C19H19N3O2S. The predicted octanol–water partition coefficient (Wildman–Crippen LogP) is 3.66. The van der Waals surface area contributed by atoms with Crippen molar-refractivity contribution in [3.05, 3.63) is 75.5 Å². The van der Waals surface area contributed by atoms with Crippen molar-refractivity contribution < 1.29 is 9.53 Å². The molecule has 0 atom stereocenters. The van der Waals surface area contributed by atoms with Gasteiger partial charge in [-0.25, -0.2) is 4.98 Å². The van der Waals surface area contributed by atoms with Gasteiger partial charge >= 0.3 is 0 Å². The number of pyridine rings is 1. The molecule has 3 aromatic rings. The van der Waals surface area contributed by atoms with Crippen molar-refractivity contribution >= 4 is 17.2 Å². The van der Waals surface area contributed by atoms with Gasteiger partial charge in [-0.2, -0.15) is 0 Å². The molecule has 128 valence electrons. The lowest BCUT2D eigenvalue weighted by Gasteiger charge is -2.04. The van der Waals surface area contributed by atoms with Gasteiger partial charge in [-0.1, -0.05) is 23.8 Å². The minimum absolute atomic E-state index is 0.137. The van der Waals surface area contributed by atoms with Gasteiger partial charge in [0.2, 0.25) is 0 Å². The third kappa shape index (κ3) is 4.64. The third-order valence-corrected chi connectivity index (χ3v) is 4.72. The normalized spacial score (nSPS) is 10.5. The number of nitrogens with zero attached hydrogens (tertiary/aromatic N) is 2. The van der Waals surface area contributed by atoms with Crippen LogP contribution in [0.2, 0.25) is 0 Å². The molecule has 2 aromatic heterocycles. The fourth-order valence-electron chi connectivity index (χ4n) is 2.26. The molecular weight excluding hydrogens is 334 g/mol. The van der Waals surface area contributed by atoms with Crippen LogP contribution in [-0.4, -0.2) is 15.9 Å². The first-order chi connectivity index (χ1) is 12.1. The Labute approximate surface area is 150 Å². The van der Waals surface area contributed by atoms with Gasteiger partial charge in [0.15, 0.2) is 0 Å². The summed E-state index contributed by atoms with van der Waals surface area (Å²) in [5, 5.41) is 3.66. The molecule has 0 fully saturated rings. The van der Waals surface area contributed by atoms with Gasteiger partial charge in [-0.15, -0.1) is 11.3 Å². The van der Waals surface area contributed by atoms with E-state index in [0.29, 0.717) is 23.7 Å². The Morgan fingerprint density at radius 3 is 2.68 bits per heavy atom. The molecule has 0 saturated carbocycles. The van der Waals surface area contributed by atoms with E-state index >= 15 is 0 Å². The molecule has 3 rings (SSSR count).